The lowest BCUT2D eigenvalue weighted by molar-refractivity contribution is 1.29. The Kier molecular flexibility index (Phi) is 4.98. The SMILES string of the molecule is Cc1cc(-c2ccc(Cl)cc2)nc(-c2ccc(Cl)cc2)c1-c1ccccc1. The molecule has 0 bridgehead atoms. The number of hydrogen-bond acceptors (Lipinski definition) is 1. The fourth-order valence-corrected chi connectivity index (χ4v) is 3.48. The number of benzene rings is 3. The summed E-state index contributed by atoms with van der Waals surface area (Å²) in [6.45, 7) is 2.13. The zero-order valence-corrected chi connectivity index (χ0v) is 16.3. The molecular weight excluding hydrogens is 373 g/mol. The predicted octanol–water partition coefficient (Wildman–Crippen LogP) is 7.70. The van der Waals surface area contributed by atoms with Gasteiger partial charge in [0.2, 0.25) is 0 Å². The minimum Gasteiger partial charge on any atom is -0.247 e. The van der Waals surface area contributed by atoms with Crippen LogP contribution >= 0.6 is 23.2 Å². The molecule has 0 radical (unpaired) electrons. The highest BCUT2D eigenvalue weighted by atomic mass is 35.5. The largest absolute Gasteiger partial charge is 0.247 e. The van der Waals surface area contributed by atoms with Gasteiger partial charge in [-0.05, 0) is 48.4 Å². The third kappa shape index (κ3) is 3.75. The minimum atomic E-state index is 0.714. The van der Waals surface area contributed by atoms with Gasteiger partial charge >= 0.3 is 0 Å². The number of pyridine rings is 1. The molecule has 1 aromatic heterocycles. The Morgan fingerprint density at radius 1 is 0.630 bits per heavy atom. The van der Waals surface area contributed by atoms with Crippen LogP contribution in [0.3, 0.4) is 0 Å². The maximum atomic E-state index is 6.10. The molecule has 1 nitrogen and oxygen atoms in total. The van der Waals surface area contributed by atoms with Crippen molar-refractivity contribution in [3.8, 4) is 33.6 Å². The lowest BCUT2D eigenvalue weighted by Gasteiger charge is -2.15. The Bertz CT molecular complexity index is 1070. The number of rotatable bonds is 3. The fourth-order valence-electron chi connectivity index (χ4n) is 3.23. The molecular formula is C24H17Cl2N. The lowest BCUT2D eigenvalue weighted by atomic mass is 9.94. The molecule has 0 aliphatic rings. The van der Waals surface area contributed by atoms with Gasteiger partial charge in [-0.25, -0.2) is 4.98 Å². The summed E-state index contributed by atoms with van der Waals surface area (Å²) in [5.74, 6) is 0. The zero-order chi connectivity index (χ0) is 18.8. The summed E-state index contributed by atoms with van der Waals surface area (Å²) in [6, 6.07) is 28.1. The Hall–Kier alpha value is -2.61. The number of aryl methyl sites for hydroxylation is 1. The molecule has 0 N–H and O–H groups in total. The summed E-state index contributed by atoms with van der Waals surface area (Å²) in [4.78, 5) is 5.02. The molecule has 0 saturated carbocycles. The van der Waals surface area contributed by atoms with Gasteiger partial charge in [-0.3, -0.25) is 0 Å². The number of halogens is 2. The first kappa shape index (κ1) is 17.8. The van der Waals surface area contributed by atoms with E-state index < -0.39 is 0 Å². The molecule has 1 heterocycles. The average molecular weight is 390 g/mol. The van der Waals surface area contributed by atoms with Crippen molar-refractivity contribution < 1.29 is 0 Å². The normalized spacial score (nSPS) is 10.8. The smallest absolute Gasteiger partial charge is 0.0790 e. The van der Waals surface area contributed by atoms with Crippen molar-refractivity contribution >= 4 is 23.2 Å². The standard InChI is InChI=1S/C24H17Cl2N/c1-16-15-22(17-7-11-20(25)12-8-17)27-24(19-9-13-21(26)14-10-19)23(16)18-5-3-2-4-6-18/h2-15H,1H3. The molecule has 3 aromatic carbocycles. The molecule has 0 atom stereocenters. The summed E-state index contributed by atoms with van der Waals surface area (Å²) in [5, 5.41) is 1.43. The van der Waals surface area contributed by atoms with Crippen molar-refractivity contribution in [1.82, 2.24) is 4.98 Å². The van der Waals surface area contributed by atoms with Crippen LogP contribution in [-0.2, 0) is 0 Å². The van der Waals surface area contributed by atoms with Gasteiger partial charge in [0.15, 0.2) is 0 Å². The molecule has 3 heteroatoms. The zero-order valence-electron chi connectivity index (χ0n) is 14.8. The lowest BCUT2D eigenvalue weighted by Crippen LogP contribution is -1.96. The molecule has 0 fully saturated rings. The van der Waals surface area contributed by atoms with Gasteiger partial charge in [-0.2, -0.15) is 0 Å². The van der Waals surface area contributed by atoms with Crippen LogP contribution in [0.1, 0.15) is 5.56 Å². The van der Waals surface area contributed by atoms with Crippen LogP contribution in [-0.4, -0.2) is 4.98 Å². The highest BCUT2D eigenvalue weighted by Crippen LogP contribution is 2.36. The third-order valence-electron chi connectivity index (χ3n) is 4.54. The Morgan fingerprint density at radius 3 is 1.78 bits per heavy atom. The van der Waals surface area contributed by atoms with Gasteiger partial charge in [0, 0.05) is 26.7 Å². The van der Waals surface area contributed by atoms with E-state index >= 15 is 0 Å². The second kappa shape index (κ2) is 7.56. The van der Waals surface area contributed by atoms with Crippen molar-refractivity contribution in [2.45, 2.75) is 6.92 Å². The molecule has 4 rings (SSSR count). The number of hydrogen-bond donors (Lipinski definition) is 0. The minimum absolute atomic E-state index is 0.714. The van der Waals surface area contributed by atoms with E-state index in [1.807, 2.05) is 66.7 Å². The Labute approximate surface area is 169 Å². The molecule has 0 saturated heterocycles. The van der Waals surface area contributed by atoms with Crippen molar-refractivity contribution in [2.24, 2.45) is 0 Å². The van der Waals surface area contributed by atoms with Crippen molar-refractivity contribution in [3.63, 3.8) is 0 Å². The van der Waals surface area contributed by atoms with E-state index in [-0.39, 0.29) is 0 Å². The first-order valence-corrected chi connectivity index (χ1v) is 9.46. The third-order valence-corrected chi connectivity index (χ3v) is 5.04. The van der Waals surface area contributed by atoms with Crippen LogP contribution in [0.4, 0.5) is 0 Å². The predicted molar refractivity (Wildman–Crippen MR) is 115 cm³/mol. The van der Waals surface area contributed by atoms with Crippen LogP contribution in [0.5, 0.6) is 0 Å². The number of aromatic nitrogens is 1. The molecule has 0 aliphatic carbocycles. The first-order valence-electron chi connectivity index (χ1n) is 8.71. The molecule has 27 heavy (non-hydrogen) atoms. The molecule has 0 amide bonds. The second-order valence-corrected chi connectivity index (χ2v) is 7.30. The summed E-state index contributed by atoms with van der Waals surface area (Å²) in [5.41, 5.74) is 7.41. The van der Waals surface area contributed by atoms with E-state index in [4.69, 9.17) is 28.2 Å². The number of nitrogens with zero attached hydrogens (tertiary/aromatic N) is 1. The van der Waals surface area contributed by atoms with Crippen LogP contribution in [0.15, 0.2) is 84.9 Å². The maximum absolute atomic E-state index is 6.10. The Morgan fingerprint density at radius 2 is 1.19 bits per heavy atom. The van der Waals surface area contributed by atoms with Gasteiger partial charge in [0.25, 0.3) is 0 Å². The van der Waals surface area contributed by atoms with Crippen molar-refractivity contribution in [2.75, 3.05) is 0 Å². The summed E-state index contributed by atoms with van der Waals surface area (Å²) < 4.78 is 0. The van der Waals surface area contributed by atoms with E-state index in [0.29, 0.717) is 10.0 Å². The molecule has 0 spiro atoms. The van der Waals surface area contributed by atoms with Crippen LogP contribution in [0.2, 0.25) is 10.0 Å². The highest BCUT2D eigenvalue weighted by molar-refractivity contribution is 6.30. The van der Waals surface area contributed by atoms with Crippen molar-refractivity contribution in [1.29, 1.82) is 0 Å². The fraction of sp³-hybridized carbons (Fsp3) is 0.0417. The highest BCUT2D eigenvalue weighted by Gasteiger charge is 2.15. The molecule has 132 valence electrons. The van der Waals surface area contributed by atoms with E-state index in [0.717, 1.165) is 33.6 Å². The molecule has 4 aromatic rings. The first-order chi connectivity index (χ1) is 13.1. The van der Waals surface area contributed by atoms with Gasteiger partial charge in [0.1, 0.15) is 0 Å². The summed E-state index contributed by atoms with van der Waals surface area (Å²) in [7, 11) is 0. The van der Waals surface area contributed by atoms with Crippen LogP contribution in [0, 0.1) is 6.92 Å². The van der Waals surface area contributed by atoms with E-state index in [1.54, 1.807) is 0 Å². The van der Waals surface area contributed by atoms with E-state index in [2.05, 4.69) is 25.1 Å². The van der Waals surface area contributed by atoms with Crippen molar-refractivity contribution in [3.05, 3.63) is 101 Å². The summed E-state index contributed by atoms with van der Waals surface area (Å²) >= 11 is 12.1. The second-order valence-electron chi connectivity index (χ2n) is 6.43. The van der Waals surface area contributed by atoms with Gasteiger partial charge < -0.3 is 0 Å². The molecule has 0 unspecified atom stereocenters. The van der Waals surface area contributed by atoms with Gasteiger partial charge in [0.05, 0.1) is 11.4 Å². The van der Waals surface area contributed by atoms with Gasteiger partial charge in [-0.15, -0.1) is 0 Å². The van der Waals surface area contributed by atoms with Gasteiger partial charge in [-0.1, -0.05) is 77.8 Å². The van der Waals surface area contributed by atoms with E-state index in [9.17, 15) is 0 Å². The monoisotopic (exact) mass is 389 g/mol. The van der Waals surface area contributed by atoms with E-state index in [1.165, 1.54) is 5.56 Å². The van der Waals surface area contributed by atoms with Crippen LogP contribution in [0.25, 0.3) is 33.6 Å². The topological polar surface area (TPSA) is 12.9 Å². The maximum Gasteiger partial charge on any atom is 0.0790 e. The summed E-state index contributed by atoms with van der Waals surface area (Å²) in [6.07, 6.45) is 0. The van der Waals surface area contributed by atoms with Crippen LogP contribution < -0.4 is 0 Å². The quantitative estimate of drug-likeness (QED) is 0.349. The Balaban J connectivity index is 1.96. The average Bonchev–Trinajstić information content (AvgIpc) is 2.69. The molecule has 0 aliphatic heterocycles.